The smallest absolute Gasteiger partial charge is 0.239 e. The molecule has 160 valence electrons. The first-order chi connectivity index (χ1) is 15.0. The van der Waals surface area contributed by atoms with Crippen LogP contribution in [0, 0.1) is 0 Å². The Morgan fingerprint density at radius 1 is 0.935 bits per heavy atom. The van der Waals surface area contributed by atoms with Gasteiger partial charge in [0.1, 0.15) is 0 Å². The molecule has 0 bridgehead atoms. The molecule has 1 unspecified atom stereocenters. The van der Waals surface area contributed by atoms with Crippen molar-refractivity contribution >= 4 is 11.8 Å². The van der Waals surface area contributed by atoms with E-state index in [1.54, 1.807) is 18.0 Å². The summed E-state index contributed by atoms with van der Waals surface area (Å²) < 4.78 is 7.61. The summed E-state index contributed by atoms with van der Waals surface area (Å²) in [5.74, 6) is 2.62. The van der Waals surface area contributed by atoms with E-state index in [1.807, 2.05) is 45.2 Å². The van der Waals surface area contributed by atoms with Gasteiger partial charge >= 0.3 is 0 Å². The van der Waals surface area contributed by atoms with E-state index in [2.05, 4.69) is 61.9 Å². The Morgan fingerprint density at radius 3 is 2.42 bits per heavy atom. The summed E-state index contributed by atoms with van der Waals surface area (Å²) >= 11 is 1.55. The maximum atomic E-state index is 5.51. The number of rotatable bonds is 7. The summed E-state index contributed by atoms with van der Waals surface area (Å²) in [5, 5.41) is 13.9. The Labute approximate surface area is 186 Å². The normalized spacial score (nSPS) is 12.6. The highest BCUT2D eigenvalue weighted by Crippen LogP contribution is 2.38. The molecule has 0 N–H and O–H groups in total. The molecule has 1 atom stereocenters. The van der Waals surface area contributed by atoms with Crippen LogP contribution in [-0.4, -0.2) is 29.9 Å². The van der Waals surface area contributed by atoms with Crippen LogP contribution in [0.5, 0.6) is 0 Å². The van der Waals surface area contributed by atoms with Crippen LogP contribution < -0.4 is 0 Å². The lowest BCUT2D eigenvalue weighted by atomic mass is 10.0. The van der Waals surface area contributed by atoms with Crippen LogP contribution in [0.4, 0.5) is 0 Å². The molecule has 0 radical (unpaired) electrons. The van der Waals surface area contributed by atoms with E-state index in [-0.39, 0.29) is 11.2 Å². The zero-order valence-electron chi connectivity index (χ0n) is 18.4. The van der Waals surface area contributed by atoms with Crippen molar-refractivity contribution < 1.29 is 4.52 Å². The minimum Gasteiger partial charge on any atom is -0.338 e. The van der Waals surface area contributed by atoms with Crippen molar-refractivity contribution in [1.82, 2.24) is 29.9 Å². The molecule has 8 heteroatoms. The molecule has 0 saturated carbocycles. The number of hydrogen-bond donors (Lipinski definition) is 0. The fourth-order valence-corrected chi connectivity index (χ4v) is 4.17. The van der Waals surface area contributed by atoms with Gasteiger partial charge in [-0.1, -0.05) is 62.8 Å². The van der Waals surface area contributed by atoms with Gasteiger partial charge in [-0.2, -0.15) is 4.98 Å². The lowest BCUT2D eigenvalue weighted by molar-refractivity contribution is 0.373. The number of thioether (sulfide) groups is 1. The summed E-state index contributed by atoms with van der Waals surface area (Å²) in [6.07, 6.45) is 3.56. The van der Waals surface area contributed by atoms with E-state index in [0.717, 1.165) is 22.2 Å². The Morgan fingerprint density at radius 2 is 1.74 bits per heavy atom. The van der Waals surface area contributed by atoms with E-state index in [4.69, 9.17) is 4.52 Å². The van der Waals surface area contributed by atoms with Crippen LogP contribution in [-0.2, 0) is 0 Å². The third kappa shape index (κ3) is 4.39. The van der Waals surface area contributed by atoms with Gasteiger partial charge in [-0.25, -0.2) is 0 Å². The third-order valence-corrected chi connectivity index (χ3v) is 5.99. The summed E-state index contributed by atoms with van der Waals surface area (Å²) in [7, 11) is 0. The number of para-hydroxylation sites is 1. The van der Waals surface area contributed by atoms with E-state index in [9.17, 15) is 0 Å². The first kappa shape index (κ1) is 21.2. The average molecular weight is 435 g/mol. The highest BCUT2D eigenvalue weighted by Gasteiger charge is 2.24. The molecular weight excluding hydrogens is 408 g/mol. The molecule has 0 spiro atoms. The fraction of sp³-hybridized carbons (Fsp3) is 0.348. The number of nitrogens with zero attached hydrogens (tertiary/aromatic N) is 6. The van der Waals surface area contributed by atoms with E-state index in [0.29, 0.717) is 17.6 Å². The molecule has 0 aliphatic rings. The second kappa shape index (κ2) is 9.01. The predicted molar refractivity (Wildman–Crippen MR) is 121 cm³/mol. The van der Waals surface area contributed by atoms with E-state index < -0.39 is 0 Å². The third-order valence-electron chi connectivity index (χ3n) is 4.96. The van der Waals surface area contributed by atoms with Gasteiger partial charge in [-0.3, -0.25) is 9.55 Å². The molecule has 1 aromatic carbocycles. The average Bonchev–Trinajstić information content (AvgIpc) is 3.42. The lowest BCUT2D eigenvalue weighted by Crippen LogP contribution is -2.05. The number of benzene rings is 1. The standard InChI is InChI=1S/C23H26N6OS/c1-14(2)18-10-6-7-11-19(18)29-21(17-9-8-12-24-13-17)26-27-23(29)31-16(5)22-25-20(15(3)4)28-30-22/h6-16H,1-5H3. The molecule has 0 aliphatic carbocycles. The van der Waals surface area contributed by atoms with E-state index in [1.165, 1.54) is 5.56 Å². The summed E-state index contributed by atoms with van der Waals surface area (Å²) in [4.78, 5) is 8.82. The first-order valence-corrected chi connectivity index (χ1v) is 11.3. The Hall–Kier alpha value is -3.00. The molecule has 3 heterocycles. The van der Waals surface area contributed by atoms with Gasteiger partial charge in [0.25, 0.3) is 0 Å². The molecule has 4 rings (SSSR count). The van der Waals surface area contributed by atoms with Crippen LogP contribution in [0.15, 0.2) is 58.5 Å². The van der Waals surface area contributed by atoms with Gasteiger partial charge in [0.15, 0.2) is 16.8 Å². The monoisotopic (exact) mass is 434 g/mol. The molecule has 3 aromatic heterocycles. The van der Waals surface area contributed by atoms with E-state index >= 15 is 0 Å². The minimum absolute atomic E-state index is 0.0732. The largest absolute Gasteiger partial charge is 0.338 e. The molecule has 4 aromatic rings. The van der Waals surface area contributed by atoms with Gasteiger partial charge in [0.05, 0.1) is 10.9 Å². The lowest BCUT2D eigenvalue weighted by Gasteiger charge is -2.17. The van der Waals surface area contributed by atoms with Crippen molar-refractivity contribution in [1.29, 1.82) is 0 Å². The Kier molecular flexibility index (Phi) is 6.18. The predicted octanol–water partition coefficient (Wildman–Crippen LogP) is 5.81. The van der Waals surface area contributed by atoms with Crippen LogP contribution in [0.2, 0.25) is 0 Å². The maximum Gasteiger partial charge on any atom is 0.239 e. The van der Waals surface area contributed by atoms with Crippen LogP contribution in [0.1, 0.15) is 69.0 Å². The molecule has 0 fully saturated rings. The van der Waals surface area contributed by atoms with Crippen molar-refractivity contribution in [3.8, 4) is 17.1 Å². The topological polar surface area (TPSA) is 82.5 Å². The highest BCUT2D eigenvalue weighted by atomic mass is 32.2. The van der Waals surface area contributed by atoms with Crippen LogP contribution in [0.25, 0.3) is 17.1 Å². The van der Waals surface area contributed by atoms with Crippen molar-refractivity contribution in [2.75, 3.05) is 0 Å². The quantitative estimate of drug-likeness (QED) is 0.339. The second-order valence-corrected chi connectivity index (χ2v) is 9.31. The van der Waals surface area contributed by atoms with Crippen molar-refractivity contribution in [3.63, 3.8) is 0 Å². The van der Waals surface area contributed by atoms with Crippen molar-refractivity contribution in [2.45, 2.75) is 56.9 Å². The zero-order valence-corrected chi connectivity index (χ0v) is 19.2. The molecule has 0 saturated heterocycles. The van der Waals surface area contributed by atoms with Gasteiger partial charge < -0.3 is 4.52 Å². The zero-order chi connectivity index (χ0) is 22.0. The van der Waals surface area contributed by atoms with Crippen LogP contribution in [0.3, 0.4) is 0 Å². The molecule has 7 nitrogen and oxygen atoms in total. The number of aromatic nitrogens is 6. The molecule has 0 aliphatic heterocycles. The SMILES string of the molecule is CC(C)c1noc(C(C)Sc2nnc(-c3cccnc3)n2-c2ccccc2C(C)C)n1. The maximum absolute atomic E-state index is 5.51. The highest BCUT2D eigenvalue weighted by molar-refractivity contribution is 7.99. The van der Waals surface area contributed by atoms with Gasteiger partial charge in [0, 0.05) is 23.9 Å². The van der Waals surface area contributed by atoms with Gasteiger partial charge in [-0.05, 0) is 36.6 Å². The second-order valence-electron chi connectivity index (χ2n) is 8.00. The Bertz CT molecular complexity index is 1150. The number of hydrogen-bond acceptors (Lipinski definition) is 7. The summed E-state index contributed by atoms with van der Waals surface area (Å²) in [6, 6.07) is 12.3. The summed E-state index contributed by atoms with van der Waals surface area (Å²) in [6.45, 7) is 10.5. The molecule has 31 heavy (non-hydrogen) atoms. The Balaban J connectivity index is 1.79. The first-order valence-electron chi connectivity index (χ1n) is 10.4. The van der Waals surface area contributed by atoms with Gasteiger partial charge in [-0.15, -0.1) is 10.2 Å². The van der Waals surface area contributed by atoms with Crippen molar-refractivity contribution in [2.24, 2.45) is 0 Å². The fourth-order valence-electron chi connectivity index (χ4n) is 3.28. The van der Waals surface area contributed by atoms with Crippen LogP contribution >= 0.6 is 11.8 Å². The van der Waals surface area contributed by atoms with Gasteiger partial charge in [0.2, 0.25) is 5.89 Å². The molecule has 0 amide bonds. The summed E-state index contributed by atoms with van der Waals surface area (Å²) in [5.41, 5.74) is 3.19. The molecular formula is C23H26N6OS. The minimum atomic E-state index is -0.0732. The number of pyridine rings is 1. The van der Waals surface area contributed by atoms with Crippen molar-refractivity contribution in [3.05, 3.63) is 66.1 Å².